The molecule has 1 aromatic heterocycles. The van der Waals surface area contributed by atoms with Crippen LogP contribution < -0.4 is 10.1 Å². The molecule has 0 spiro atoms. The van der Waals surface area contributed by atoms with E-state index in [1.165, 1.54) is 17.0 Å². The molecule has 1 aliphatic rings. The molecule has 3 amide bonds. The van der Waals surface area contributed by atoms with Crippen molar-refractivity contribution in [1.82, 2.24) is 15.1 Å². The van der Waals surface area contributed by atoms with E-state index in [1.54, 1.807) is 33.3 Å². The number of hydrogen-bond donors (Lipinski definition) is 1. The van der Waals surface area contributed by atoms with Gasteiger partial charge in [0.15, 0.2) is 0 Å². The first-order valence-corrected chi connectivity index (χ1v) is 12.7. The number of amides is 3. The number of urea groups is 1. The Hall–Kier alpha value is -2.61. The smallest absolute Gasteiger partial charge is 0.318 e. The van der Waals surface area contributed by atoms with E-state index in [2.05, 4.69) is 19.2 Å². The quantitative estimate of drug-likeness (QED) is 0.551. The highest BCUT2D eigenvalue weighted by molar-refractivity contribution is 7.10. The second kappa shape index (κ2) is 11.2. The Morgan fingerprint density at radius 3 is 2.74 bits per heavy atom. The van der Waals surface area contributed by atoms with Gasteiger partial charge in [-0.05, 0) is 68.7 Å². The SMILES string of the molecule is CC(C)CCN(CC(=O)N1CCc2sccc2[C@H]1COc1cccc(F)c1)C(=O)NC(C)(C)C. The number of nitrogens with one attached hydrogen (secondary N) is 1. The lowest BCUT2D eigenvalue weighted by Crippen LogP contribution is -2.53. The molecule has 0 unspecified atom stereocenters. The number of rotatable bonds is 8. The Labute approximate surface area is 206 Å². The third-order valence-electron chi connectivity index (χ3n) is 5.69. The van der Waals surface area contributed by atoms with Crippen molar-refractivity contribution in [3.05, 3.63) is 52.0 Å². The number of thiophene rings is 1. The Morgan fingerprint density at radius 2 is 2.06 bits per heavy atom. The van der Waals surface area contributed by atoms with Gasteiger partial charge in [0.1, 0.15) is 24.7 Å². The normalized spacial score (nSPS) is 15.7. The molecule has 0 aliphatic carbocycles. The van der Waals surface area contributed by atoms with Crippen LogP contribution in [0.4, 0.5) is 9.18 Å². The minimum atomic E-state index is -0.395. The van der Waals surface area contributed by atoms with Gasteiger partial charge in [-0.25, -0.2) is 9.18 Å². The fraction of sp³-hybridized carbons (Fsp3) is 0.538. The van der Waals surface area contributed by atoms with Crippen molar-refractivity contribution in [2.24, 2.45) is 5.92 Å². The Balaban J connectivity index is 1.76. The summed E-state index contributed by atoms with van der Waals surface area (Å²) < 4.78 is 19.5. The largest absolute Gasteiger partial charge is 0.491 e. The number of ether oxygens (including phenoxy) is 1. The predicted octanol–water partition coefficient (Wildman–Crippen LogP) is 5.25. The summed E-state index contributed by atoms with van der Waals surface area (Å²) >= 11 is 1.68. The van der Waals surface area contributed by atoms with Gasteiger partial charge in [-0.1, -0.05) is 19.9 Å². The maximum Gasteiger partial charge on any atom is 0.318 e. The van der Waals surface area contributed by atoms with Crippen LogP contribution in [0.1, 0.15) is 57.5 Å². The van der Waals surface area contributed by atoms with E-state index in [0.717, 1.165) is 18.4 Å². The second-order valence-corrected chi connectivity index (χ2v) is 11.2. The summed E-state index contributed by atoms with van der Waals surface area (Å²) in [4.78, 5) is 31.1. The zero-order valence-corrected chi connectivity index (χ0v) is 21.6. The summed E-state index contributed by atoms with van der Waals surface area (Å²) in [6.45, 7) is 11.3. The molecule has 1 atom stereocenters. The molecule has 3 rings (SSSR count). The third kappa shape index (κ3) is 7.19. The van der Waals surface area contributed by atoms with Crippen LogP contribution in [0, 0.1) is 11.7 Å². The van der Waals surface area contributed by atoms with Gasteiger partial charge < -0.3 is 19.9 Å². The zero-order valence-electron chi connectivity index (χ0n) is 20.8. The minimum Gasteiger partial charge on any atom is -0.491 e. The Morgan fingerprint density at radius 1 is 1.29 bits per heavy atom. The van der Waals surface area contributed by atoms with Crippen LogP contribution in [-0.4, -0.2) is 53.5 Å². The highest BCUT2D eigenvalue weighted by atomic mass is 32.1. The van der Waals surface area contributed by atoms with Gasteiger partial charge in [0.2, 0.25) is 5.91 Å². The van der Waals surface area contributed by atoms with Crippen LogP contribution in [0.2, 0.25) is 0 Å². The van der Waals surface area contributed by atoms with Crippen molar-refractivity contribution in [3.63, 3.8) is 0 Å². The fourth-order valence-electron chi connectivity index (χ4n) is 3.93. The van der Waals surface area contributed by atoms with Crippen molar-refractivity contribution < 1.29 is 18.7 Å². The maximum atomic E-state index is 13.6. The molecular formula is C26H36FN3O3S. The Kier molecular flexibility index (Phi) is 8.57. The summed E-state index contributed by atoms with van der Waals surface area (Å²) in [7, 11) is 0. The molecular weight excluding hydrogens is 453 g/mol. The minimum absolute atomic E-state index is 0.00453. The fourth-order valence-corrected chi connectivity index (χ4v) is 4.86. The van der Waals surface area contributed by atoms with Crippen molar-refractivity contribution >= 4 is 23.3 Å². The molecule has 1 aliphatic heterocycles. The van der Waals surface area contributed by atoms with E-state index >= 15 is 0 Å². The van der Waals surface area contributed by atoms with Crippen LogP contribution in [0.25, 0.3) is 0 Å². The van der Waals surface area contributed by atoms with Gasteiger partial charge in [0.05, 0.1) is 6.04 Å². The van der Waals surface area contributed by atoms with E-state index in [4.69, 9.17) is 4.74 Å². The summed E-state index contributed by atoms with van der Waals surface area (Å²) in [5.74, 6) is 0.363. The molecule has 0 bridgehead atoms. The molecule has 1 N–H and O–H groups in total. The molecule has 34 heavy (non-hydrogen) atoms. The number of benzene rings is 1. The molecule has 0 fully saturated rings. The summed E-state index contributed by atoms with van der Waals surface area (Å²) in [6, 6.07) is 7.53. The van der Waals surface area contributed by atoms with E-state index in [9.17, 15) is 14.0 Å². The van der Waals surface area contributed by atoms with Gasteiger partial charge in [-0.3, -0.25) is 4.79 Å². The van der Waals surface area contributed by atoms with E-state index in [1.807, 2.05) is 32.2 Å². The van der Waals surface area contributed by atoms with Crippen LogP contribution in [0.15, 0.2) is 35.7 Å². The average molecular weight is 490 g/mol. The highest BCUT2D eigenvalue weighted by Gasteiger charge is 2.34. The van der Waals surface area contributed by atoms with Crippen molar-refractivity contribution in [2.45, 2.75) is 59.0 Å². The molecule has 0 saturated carbocycles. The van der Waals surface area contributed by atoms with Crippen molar-refractivity contribution in [2.75, 3.05) is 26.2 Å². The van der Waals surface area contributed by atoms with Crippen molar-refractivity contribution in [3.8, 4) is 5.75 Å². The zero-order chi connectivity index (χ0) is 24.9. The van der Waals surface area contributed by atoms with Crippen molar-refractivity contribution in [1.29, 1.82) is 0 Å². The first-order chi connectivity index (χ1) is 16.0. The lowest BCUT2D eigenvalue weighted by atomic mass is 10.0. The molecule has 2 heterocycles. The first-order valence-electron chi connectivity index (χ1n) is 11.8. The average Bonchev–Trinajstić information content (AvgIpc) is 3.22. The number of fused-ring (bicyclic) bond motifs is 1. The van der Waals surface area contributed by atoms with Gasteiger partial charge in [0, 0.05) is 29.6 Å². The maximum absolute atomic E-state index is 13.6. The number of carbonyl (C=O) groups excluding carboxylic acids is 2. The number of hydrogen-bond acceptors (Lipinski definition) is 4. The second-order valence-electron chi connectivity index (χ2n) is 10.2. The lowest BCUT2D eigenvalue weighted by molar-refractivity contribution is -0.135. The topological polar surface area (TPSA) is 61.9 Å². The summed E-state index contributed by atoms with van der Waals surface area (Å²) in [6.07, 6.45) is 1.58. The van der Waals surface area contributed by atoms with Crippen LogP contribution in [0.5, 0.6) is 5.75 Å². The first kappa shape index (κ1) is 26.0. The van der Waals surface area contributed by atoms with Crippen LogP contribution >= 0.6 is 11.3 Å². The lowest BCUT2D eigenvalue weighted by Gasteiger charge is -2.37. The van der Waals surface area contributed by atoms with Gasteiger partial charge in [0.25, 0.3) is 0 Å². The number of halogens is 1. The number of carbonyl (C=O) groups is 2. The molecule has 186 valence electrons. The molecule has 8 heteroatoms. The number of nitrogens with zero attached hydrogens (tertiary/aromatic N) is 2. The monoisotopic (exact) mass is 489 g/mol. The van der Waals surface area contributed by atoms with Gasteiger partial charge in [-0.15, -0.1) is 11.3 Å². The van der Waals surface area contributed by atoms with Gasteiger partial charge >= 0.3 is 6.03 Å². The van der Waals surface area contributed by atoms with Gasteiger partial charge in [-0.2, -0.15) is 0 Å². The predicted molar refractivity (Wildman–Crippen MR) is 134 cm³/mol. The molecule has 1 aromatic carbocycles. The Bertz CT molecular complexity index is 986. The molecule has 2 aromatic rings. The standard InChI is InChI=1S/C26H36FN3O3S/c1-18(2)9-12-29(25(32)28-26(3,4)5)16-24(31)30-13-10-23-21(11-14-34-23)22(30)17-33-20-8-6-7-19(27)15-20/h6-8,11,14-15,18,22H,9-10,12-13,16-17H2,1-5H3,(H,28,32)/t22-/m1/s1. The van der Waals surface area contributed by atoms with E-state index < -0.39 is 5.54 Å². The molecule has 0 radical (unpaired) electrons. The van der Waals surface area contributed by atoms with Crippen LogP contribution in [0.3, 0.4) is 0 Å². The van der Waals surface area contributed by atoms with E-state index in [-0.39, 0.29) is 36.9 Å². The molecule has 0 saturated heterocycles. The summed E-state index contributed by atoms with van der Waals surface area (Å²) in [5, 5.41) is 5.01. The molecule has 6 nitrogen and oxygen atoms in total. The third-order valence-corrected chi connectivity index (χ3v) is 6.69. The van der Waals surface area contributed by atoms with Crippen LogP contribution in [-0.2, 0) is 11.2 Å². The summed E-state index contributed by atoms with van der Waals surface area (Å²) in [5.41, 5.74) is 0.669. The van der Waals surface area contributed by atoms with E-state index in [0.29, 0.717) is 24.8 Å². The highest BCUT2D eigenvalue weighted by Crippen LogP contribution is 2.34.